The minimum absolute atomic E-state index is 0.410. The van der Waals surface area contributed by atoms with Crippen LogP contribution in [0, 0.1) is 17.8 Å². The van der Waals surface area contributed by atoms with Gasteiger partial charge in [-0.2, -0.15) is 0 Å². The molecule has 0 heterocycles. The van der Waals surface area contributed by atoms with Gasteiger partial charge in [-0.05, 0) is 37.3 Å². The molecule has 1 saturated carbocycles. The molecule has 1 aromatic carbocycles. The smallest absolute Gasteiger partial charge is 0.133 e. The van der Waals surface area contributed by atoms with E-state index in [1.807, 2.05) is 30.3 Å². The number of hydrogen-bond donors (Lipinski definition) is 0. The molecule has 1 aliphatic carbocycles. The summed E-state index contributed by atoms with van der Waals surface area (Å²) in [5.74, 6) is 7.45. The summed E-state index contributed by atoms with van der Waals surface area (Å²) in [6.45, 7) is 4.33. The van der Waals surface area contributed by atoms with E-state index >= 15 is 0 Å². The predicted octanol–water partition coefficient (Wildman–Crippen LogP) is 4.52. The Morgan fingerprint density at radius 1 is 1.20 bits per heavy atom. The Morgan fingerprint density at radius 2 is 1.95 bits per heavy atom. The van der Waals surface area contributed by atoms with Gasteiger partial charge in [-0.15, -0.1) is 0 Å². The third-order valence-corrected chi connectivity index (χ3v) is 3.99. The van der Waals surface area contributed by atoms with E-state index in [-0.39, 0.29) is 0 Å². The number of hydrogen-bond acceptors (Lipinski definition) is 1. The van der Waals surface area contributed by atoms with E-state index < -0.39 is 0 Å². The largest absolute Gasteiger partial charge is 0.300 e. The third-order valence-electron chi connectivity index (χ3n) is 3.99. The first-order chi connectivity index (χ1) is 9.74. The Bertz CT molecular complexity index is 554. The summed E-state index contributed by atoms with van der Waals surface area (Å²) in [6, 6.07) is 10.1. The van der Waals surface area contributed by atoms with Gasteiger partial charge in [0, 0.05) is 24.0 Å². The van der Waals surface area contributed by atoms with Crippen molar-refractivity contribution < 1.29 is 4.79 Å². The SMILES string of the molecule is CC/C(C#Cc1ccccc1)=C(\CC)C1CCC(=O)C1. The van der Waals surface area contributed by atoms with Crippen LogP contribution in [0.5, 0.6) is 0 Å². The zero-order valence-electron chi connectivity index (χ0n) is 12.4. The van der Waals surface area contributed by atoms with Gasteiger partial charge in [0.25, 0.3) is 0 Å². The number of allylic oxidation sites excluding steroid dienone is 2. The number of carbonyl (C=O) groups is 1. The number of benzene rings is 1. The van der Waals surface area contributed by atoms with Crippen molar-refractivity contribution in [2.24, 2.45) is 5.92 Å². The molecule has 1 nitrogen and oxygen atoms in total. The van der Waals surface area contributed by atoms with Crippen LogP contribution in [0.4, 0.5) is 0 Å². The lowest BCUT2D eigenvalue weighted by molar-refractivity contribution is -0.117. The number of carbonyl (C=O) groups excluding carboxylic acids is 1. The lowest BCUT2D eigenvalue weighted by atomic mass is 9.89. The maximum atomic E-state index is 11.5. The molecule has 0 aliphatic heterocycles. The molecule has 104 valence electrons. The molecule has 1 unspecified atom stereocenters. The molecule has 0 amide bonds. The number of rotatable bonds is 3. The fraction of sp³-hybridized carbons (Fsp3) is 0.421. The highest BCUT2D eigenvalue weighted by Crippen LogP contribution is 2.33. The first-order valence-electron chi connectivity index (χ1n) is 7.55. The van der Waals surface area contributed by atoms with E-state index in [9.17, 15) is 4.79 Å². The molecule has 1 atom stereocenters. The van der Waals surface area contributed by atoms with Crippen molar-refractivity contribution in [2.75, 3.05) is 0 Å². The minimum Gasteiger partial charge on any atom is -0.300 e. The summed E-state index contributed by atoms with van der Waals surface area (Å²) in [5, 5.41) is 0. The van der Waals surface area contributed by atoms with Crippen molar-refractivity contribution in [2.45, 2.75) is 46.0 Å². The zero-order valence-corrected chi connectivity index (χ0v) is 12.4. The summed E-state index contributed by atoms with van der Waals surface area (Å²) in [5.41, 5.74) is 3.69. The summed E-state index contributed by atoms with van der Waals surface area (Å²) < 4.78 is 0. The number of ketones is 1. The summed E-state index contributed by atoms with van der Waals surface area (Å²) in [4.78, 5) is 11.5. The van der Waals surface area contributed by atoms with Crippen LogP contribution in [0.1, 0.15) is 51.5 Å². The van der Waals surface area contributed by atoms with E-state index in [0.29, 0.717) is 11.7 Å². The van der Waals surface area contributed by atoms with Gasteiger partial charge in [-0.1, -0.05) is 49.5 Å². The lowest BCUT2D eigenvalue weighted by Gasteiger charge is -2.14. The molecule has 0 N–H and O–H groups in total. The van der Waals surface area contributed by atoms with Crippen molar-refractivity contribution in [3.8, 4) is 11.8 Å². The highest BCUT2D eigenvalue weighted by atomic mass is 16.1. The minimum atomic E-state index is 0.410. The molecular weight excluding hydrogens is 244 g/mol. The molecule has 0 aromatic heterocycles. The molecular formula is C19H22O. The van der Waals surface area contributed by atoms with Crippen LogP contribution in [0.25, 0.3) is 0 Å². The monoisotopic (exact) mass is 266 g/mol. The van der Waals surface area contributed by atoms with Crippen molar-refractivity contribution in [3.05, 3.63) is 47.0 Å². The zero-order chi connectivity index (χ0) is 14.4. The van der Waals surface area contributed by atoms with Gasteiger partial charge >= 0.3 is 0 Å². The molecule has 1 aromatic rings. The van der Waals surface area contributed by atoms with Gasteiger partial charge in [0.15, 0.2) is 0 Å². The lowest BCUT2D eigenvalue weighted by Crippen LogP contribution is -2.03. The predicted molar refractivity (Wildman–Crippen MR) is 83.3 cm³/mol. The molecule has 20 heavy (non-hydrogen) atoms. The molecule has 1 heteroatoms. The van der Waals surface area contributed by atoms with Crippen LogP contribution < -0.4 is 0 Å². The van der Waals surface area contributed by atoms with E-state index in [1.54, 1.807) is 0 Å². The highest BCUT2D eigenvalue weighted by Gasteiger charge is 2.25. The molecule has 0 radical (unpaired) electrons. The second-order valence-corrected chi connectivity index (χ2v) is 5.31. The third kappa shape index (κ3) is 3.61. The van der Waals surface area contributed by atoms with Crippen molar-refractivity contribution >= 4 is 5.78 Å². The molecule has 1 fully saturated rings. The molecule has 0 spiro atoms. The Balaban J connectivity index is 2.26. The first-order valence-corrected chi connectivity index (χ1v) is 7.55. The fourth-order valence-electron chi connectivity index (χ4n) is 2.92. The van der Waals surface area contributed by atoms with Crippen molar-refractivity contribution in [1.29, 1.82) is 0 Å². The second kappa shape index (κ2) is 7.10. The Hall–Kier alpha value is -1.81. The normalized spacial score (nSPS) is 19.3. The van der Waals surface area contributed by atoms with E-state index in [1.165, 1.54) is 11.1 Å². The average molecular weight is 266 g/mol. The summed E-state index contributed by atoms with van der Waals surface area (Å²) in [6.07, 6.45) is 4.44. The van der Waals surface area contributed by atoms with E-state index in [0.717, 1.165) is 37.7 Å². The Labute approximate surface area is 122 Å². The van der Waals surface area contributed by atoms with Crippen molar-refractivity contribution in [1.82, 2.24) is 0 Å². The molecule has 1 aliphatic rings. The van der Waals surface area contributed by atoms with Gasteiger partial charge in [-0.25, -0.2) is 0 Å². The Morgan fingerprint density at radius 3 is 2.50 bits per heavy atom. The van der Waals surface area contributed by atoms with E-state index in [4.69, 9.17) is 0 Å². The summed E-state index contributed by atoms with van der Waals surface area (Å²) in [7, 11) is 0. The van der Waals surface area contributed by atoms with Gasteiger partial charge in [-0.3, -0.25) is 4.79 Å². The van der Waals surface area contributed by atoms with Crippen molar-refractivity contribution in [3.63, 3.8) is 0 Å². The standard InChI is InChI=1S/C19H22O/c1-3-16(11-10-15-8-6-5-7-9-15)19(4-2)17-12-13-18(20)14-17/h5-9,17H,3-4,12-14H2,1-2H3/b19-16-. The molecule has 0 saturated heterocycles. The van der Waals surface area contributed by atoms with Crippen LogP contribution in [-0.4, -0.2) is 5.78 Å². The van der Waals surface area contributed by atoms with Crippen LogP contribution >= 0.6 is 0 Å². The maximum Gasteiger partial charge on any atom is 0.133 e. The van der Waals surface area contributed by atoms with Crippen LogP contribution in [0.2, 0.25) is 0 Å². The van der Waals surface area contributed by atoms with Gasteiger partial charge in [0.2, 0.25) is 0 Å². The molecule has 0 bridgehead atoms. The second-order valence-electron chi connectivity index (χ2n) is 5.31. The average Bonchev–Trinajstić information content (AvgIpc) is 2.90. The van der Waals surface area contributed by atoms with Gasteiger partial charge < -0.3 is 0 Å². The van der Waals surface area contributed by atoms with Gasteiger partial charge in [0.05, 0.1) is 0 Å². The van der Waals surface area contributed by atoms with Crippen LogP contribution in [-0.2, 0) is 4.79 Å². The first kappa shape index (κ1) is 14.6. The number of Topliss-reactive ketones (excluding diaryl/α,β-unsaturated/α-hetero) is 1. The fourth-order valence-corrected chi connectivity index (χ4v) is 2.92. The van der Waals surface area contributed by atoms with Gasteiger partial charge in [0.1, 0.15) is 5.78 Å². The summed E-state index contributed by atoms with van der Waals surface area (Å²) >= 11 is 0. The Kier molecular flexibility index (Phi) is 5.18. The molecule has 2 rings (SSSR count). The maximum absolute atomic E-state index is 11.5. The quantitative estimate of drug-likeness (QED) is 0.735. The topological polar surface area (TPSA) is 17.1 Å². The van der Waals surface area contributed by atoms with E-state index in [2.05, 4.69) is 25.7 Å². The highest BCUT2D eigenvalue weighted by molar-refractivity contribution is 5.81. The van der Waals surface area contributed by atoms with Crippen LogP contribution in [0.3, 0.4) is 0 Å². The van der Waals surface area contributed by atoms with Crippen LogP contribution in [0.15, 0.2) is 41.5 Å².